The maximum absolute atomic E-state index is 12.5. The summed E-state index contributed by atoms with van der Waals surface area (Å²) in [4.78, 5) is 25.3. The normalized spacial score (nSPS) is 10.9. The number of thioether (sulfide) groups is 1. The van der Waals surface area contributed by atoms with Crippen LogP contribution in [0.4, 0.5) is 5.69 Å². The van der Waals surface area contributed by atoms with Crippen molar-refractivity contribution in [1.29, 1.82) is 0 Å². The van der Waals surface area contributed by atoms with Gasteiger partial charge in [0, 0.05) is 39.2 Å². The predicted molar refractivity (Wildman–Crippen MR) is 140 cm³/mol. The Morgan fingerprint density at radius 3 is 2.56 bits per heavy atom. The summed E-state index contributed by atoms with van der Waals surface area (Å²) in [6.45, 7) is 8.45. The standard InChI is InChI=1S/C26H26N4O2S2/c1-5-30-25(22-14-33-18(4)24(22)19-11-9-16(2)10-12-19)28-29-26(30)34-15-23(32)27-21-8-6-7-20(13-21)17(3)31/h6-14H,5,15H2,1-4H3,(H,27,32). The van der Waals surface area contributed by atoms with Gasteiger partial charge in [-0.05, 0) is 45.4 Å². The number of nitrogens with one attached hydrogen (secondary N) is 1. The second kappa shape index (κ2) is 10.4. The molecule has 6 nitrogen and oxygen atoms in total. The van der Waals surface area contributed by atoms with Crippen LogP contribution in [0.25, 0.3) is 22.5 Å². The van der Waals surface area contributed by atoms with E-state index in [9.17, 15) is 9.59 Å². The van der Waals surface area contributed by atoms with E-state index in [1.807, 2.05) is 4.57 Å². The van der Waals surface area contributed by atoms with Crippen LogP contribution in [0.3, 0.4) is 0 Å². The van der Waals surface area contributed by atoms with E-state index < -0.39 is 0 Å². The highest BCUT2D eigenvalue weighted by atomic mass is 32.2. The molecule has 174 valence electrons. The van der Waals surface area contributed by atoms with Crippen molar-refractivity contribution in [3.63, 3.8) is 0 Å². The number of thiophene rings is 1. The third kappa shape index (κ3) is 5.13. The summed E-state index contributed by atoms with van der Waals surface area (Å²) in [5.41, 5.74) is 5.78. The minimum atomic E-state index is -0.162. The van der Waals surface area contributed by atoms with Crippen LogP contribution in [0.5, 0.6) is 0 Å². The first kappa shape index (κ1) is 23.9. The van der Waals surface area contributed by atoms with Gasteiger partial charge in [-0.3, -0.25) is 9.59 Å². The molecule has 2 aromatic heterocycles. The molecule has 1 amide bonds. The van der Waals surface area contributed by atoms with E-state index in [1.165, 1.54) is 34.7 Å². The van der Waals surface area contributed by atoms with E-state index in [0.717, 1.165) is 17.0 Å². The zero-order valence-corrected chi connectivity index (χ0v) is 21.2. The van der Waals surface area contributed by atoms with Crippen LogP contribution in [-0.2, 0) is 11.3 Å². The summed E-state index contributed by atoms with van der Waals surface area (Å²) in [5, 5.41) is 14.6. The van der Waals surface area contributed by atoms with E-state index in [-0.39, 0.29) is 17.4 Å². The molecule has 8 heteroatoms. The maximum atomic E-state index is 12.5. The molecule has 0 saturated heterocycles. The van der Waals surface area contributed by atoms with Gasteiger partial charge in [-0.25, -0.2) is 0 Å². The third-order valence-corrected chi connectivity index (χ3v) is 7.35. The Kier molecular flexibility index (Phi) is 7.29. The predicted octanol–water partition coefficient (Wildman–Crippen LogP) is 6.24. The fourth-order valence-electron chi connectivity index (χ4n) is 3.72. The van der Waals surface area contributed by atoms with Gasteiger partial charge in [0.15, 0.2) is 16.8 Å². The van der Waals surface area contributed by atoms with Gasteiger partial charge >= 0.3 is 0 Å². The summed E-state index contributed by atoms with van der Waals surface area (Å²) in [5.74, 6) is 0.794. The molecule has 0 aliphatic rings. The molecule has 2 heterocycles. The maximum Gasteiger partial charge on any atom is 0.234 e. The smallest absolute Gasteiger partial charge is 0.234 e. The highest BCUT2D eigenvalue weighted by Crippen LogP contribution is 2.39. The summed E-state index contributed by atoms with van der Waals surface area (Å²) in [6.07, 6.45) is 0. The molecule has 0 aliphatic carbocycles. The summed E-state index contributed by atoms with van der Waals surface area (Å²) in [6, 6.07) is 15.5. The Bertz CT molecular complexity index is 1340. The van der Waals surface area contributed by atoms with E-state index in [1.54, 1.807) is 35.6 Å². The molecule has 4 rings (SSSR count). The van der Waals surface area contributed by atoms with Gasteiger partial charge in [0.05, 0.1) is 5.75 Å². The van der Waals surface area contributed by atoms with Crippen LogP contribution in [0, 0.1) is 13.8 Å². The molecule has 0 bridgehead atoms. The lowest BCUT2D eigenvalue weighted by Crippen LogP contribution is -2.15. The lowest BCUT2D eigenvalue weighted by molar-refractivity contribution is -0.113. The number of anilines is 1. The SMILES string of the molecule is CCn1c(SCC(=O)Nc2cccc(C(C)=O)c2)nnc1-c1csc(C)c1-c1ccc(C)cc1. The summed E-state index contributed by atoms with van der Waals surface area (Å²) >= 11 is 3.05. The van der Waals surface area contributed by atoms with Crippen LogP contribution < -0.4 is 5.32 Å². The second-order valence-electron chi connectivity index (χ2n) is 7.97. The topological polar surface area (TPSA) is 76.9 Å². The average Bonchev–Trinajstić information content (AvgIpc) is 3.41. The van der Waals surface area contributed by atoms with Gasteiger partial charge in [0.2, 0.25) is 5.91 Å². The van der Waals surface area contributed by atoms with Crippen LogP contribution in [-0.4, -0.2) is 32.2 Å². The monoisotopic (exact) mass is 490 g/mol. The second-order valence-corrected chi connectivity index (χ2v) is 10.00. The molecule has 1 N–H and O–H groups in total. The zero-order chi connectivity index (χ0) is 24.2. The number of aromatic nitrogens is 3. The van der Waals surface area contributed by atoms with E-state index in [4.69, 9.17) is 0 Å². The number of amides is 1. The molecule has 34 heavy (non-hydrogen) atoms. The lowest BCUT2D eigenvalue weighted by Gasteiger charge is -2.10. The van der Waals surface area contributed by atoms with Gasteiger partial charge in [-0.15, -0.1) is 21.5 Å². The van der Waals surface area contributed by atoms with Crippen molar-refractivity contribution in [1.82, 2.24) is 14.8 Å². The molecule has 2 aromatic carbocycles. The molecule has 0 fully saturated rings. The number of ketones is 1. The fraction of sp³-hybridized carbons (Fsp3) is 0.231. The largest absolute Gasteiger partial charge is 0.325 e. The van der Waals surface area contributed by atoms with Crippen molar-refractivity contribution in [3.8, 4) is 22.5 Å². The van der Waals surface area contributed by atoms with Gasteiger partial charge in [-0.2, -0.15) is 0 Å². The quantitative estimate of drug-likeness (QED) is 0.234. The fourth-order valence-corrected chi connectivity index (χ4v) is 5.39. The Morgan fingerprint density at radius 2 is 1.85 bits per heavy atom. The van der Waals surface area contributed by atoms with Crippen molar-refractivity contribution in [2.45, 2.75) is 39.4 Å². The number of hydrogen-bond acceptors (Lipinski definition) is 6. The Hall–Kier alpha value is -3.23. The minimum absolute atomic E-state index is 0.0391. The van der Waals surface area contributed by atoms with Crippen molar-refractivity contribution >= 4 is 40.5 Å². The van der Waals surface area contributed by atoms with Crippen LogP contribution >= 0.6 is 23.1 Å². The molecule has 0 atom stereocenters. The number of rotatable bonds is 8. The molecule has 0 unspecified atom stereocenters. The molecule has 0 spiro atoms. The average molecular weight is 491 g/mol. The van der Waals surface area contributed by atoms with E-state index in [0.29, 0.717) is 23.0 Å². The molecular weight excluding hydrogens is 464 g/mol. The first-order valence-corrected chi connectivity index (χ1v) is 12.9. The number of benzene rings is 2. The Labute approximate surface area is 207 Å². The van der Waals surface area contributed by atoms with Crippen LogP contribution in [0.2, 0.25) is 0 Å². The van der Waals surface area contributed by atoms with Crippen molar-refractivity contribution < 1.29 is 9.59 Å². The van der Waals surface area contributed by atoms with Crippen molar-refractivity contribution in [2.24, 2.45) is 0 Å². The number of carbonyl (C=O) groups excluding carboxylic acids is 2. The summed E-state index contributed by atoms with van der Waals surface area (Å²) < 4.78 is 2.05. The number of carbonyl (C=O) groups is 2. The molecule has 0 aliphatic heterocycles. The Morgan fingerprint density at radius 1 is 1.09 bits per heavy atom. The van der Waals surface area contributed by atoms with E-state index in [2.05, 4.69) is 65.9 Å². The van der Waals surface area contributed by atoms with Crippen LogP contribution in [0.1, 0.15) is 34.6 Å². The number of Topliss-reactive ketones (excluding diaryl/α,β-unsaturated/α-hetero) is 1. The molecule has 4 aromatic rings. The highest BCUT2D eigenvalue weighted by molar-refractivity contribution is 7.99. The first-order chi connectivity index (χ1) is 16.4. The lowest BCUT2D eigenvalue weighted by atomic mass is 10.0. The van der Waals surface area contributed by atoms with Gasteiger partial charge < -0.3 is 9.88 Å². The Balaban J connectivity index is 1.53. The molecule has 0 radical (unpaired) electrons. The minimum Gasteiger partial charge on any atom is -0.325 e. The van der Waals surface area contributed by atoms with E-state index >= 15 is 0 Å². The van der Waals surface area contributed by atoms with Crippen molar-refractivity contribution in [3.05, 3.63) is 69.9 Å². The number of aryl methyl sites for hydroxylation is 2. The number of hydrogen-bond donors (Lipinski definition) is 1. The third-order valence-electron chi connectivity index (χ3n) is 5.47. The van der Waals surface area contributed by atoms with Crippen LogP contribution in [0.15, 0.2) is 59.1 Å². The zero-order valence-electron chi connectivity index (χ0n) is 19.6. The van der Waals surface area contributed by atoms with Gasteiger partial charge in [0.25, 0.3) is 0 Å². The highest BCUT2D eigenvalue weighted by Gasteiger charge is 2.20. The summed E-state index contributed by atoms with van der Waals surface area (Å²) in [7, 11) is 0. The van der Waals surface area contributed by atoms with Crippen molar-refractivity contribution in [2.75, 3.05) is 11.1 Å². The van der Waals surface area contributed by atoms with Gasteiger partial charge in [-0.1, -0.05) is 53.7 Å². The number of nitrogens with zero attached hydrogens (tertiary/aromatic N) is 3. The molecule has 0 saturated carbocycles. The first-order valence-electron chi connectivity index (χ1n) is 11.0. The van der Waals surface area contributed by atoms with Gasteiger partial charge in [0.1, 0.15) is 0 Å². The molecular formula is C26H26N4O2S2.